The first-order valence-corrected chi connectivity index (χ1v) is 9.91. The highest BCUT2D eigenvalue weighted by molar-refractivity contribution is 5.97. The number of nitriles is 1. The van der Waals surface area contributed by atoms with E-state index in [9.17, 15) is 14.4 Å². The summed E-state index contributed by atoms with van der Waals surface area (Å²) in [4.78, 5) is 39.1. The topological polar surface area (TPSA) is 112 Å². The van der Waals surface area contributed by atoms with Crippen molar-refractivity contribution in [3.05, 3.63) is 75.2 Å². The van der Waals surface area contributed by atoms with Crippen LogP contribution in [0.1, 0.15) is 35.7 Å². The second-order valence-electron chi connectivity index (χ2n) is 7.35. The molecule has 0 saturated heterocycles. The Kier molecular flexibility index (Phi) is 6.51. The quantitative estimate of drug-likeness (QED) is 0.596. The molecule has 0 saturated carbocycles. The molecule has 31 heavy (non-hydrogen) atoms. The maximum Gasteiger partial charge on any atom is 0.306 e. The van der Waals surface area contributed by atoms with Crippen LogP contribution in [0.2, 0.25) is 0 Å². The summed E-state index contributed by atoms with van der Waals surface area (Å²) in [5.41, 5.74) is 2.10. The summed E-state index contributed by atoms with van der Waals surface area (Å²) in [5, 5.41) is 14.0. The van der Waals surface area contributed by atoms with Gasteiger partial charge >= 0.3 is 5.97 Å². The zero-order valence-corrected chi connectivity index (χ0v) is 17.6. The van der Waals surface area contributed by atoms with Crippen LogP contribution in [0.25, 0.3) is 10.8 Å². The van der Waals surface area contributed by atoms with Gasteiger partial charge in [0, 0.05) is 17.8 Å². The molecule has 0 spiro atoms. The van der Waals surface area contributed by atoms with Gasteiger partial charge in [-0.3, -0.25) is 14.4 Å². The maximum absolute atomic E-state index is 12.4. The number of pyridine rings is 1. The van der Waals surface area contributed by atoms with E-state index in [1.54, 1.807) is 19.9 Å². The lowest BCUT2D eigenvalue weighted by Crippen LogP contribution is -2.30. The lowest BCUT2D eigenvalue weighted by Gasteiger charge is -2.15. The number of nitrogens with one attached hydrogen (secondary N) is 2. The van der Waals surface area contributed by atoms with Gasteiger partial charge in [0.05, 0.1) is 0 Å². The number of hydrogen-bond acceptors (Lipinski definition) is 5. The molecule has 2 N–H and O–H groups in total. The normalized spacial score (nSPS) is 11.5. The van der Waals surface area contributed by atoms with Crippen LogP contribution < -0.4 is 10.9 Å². The number of amides is 1. The predicted octanol–water partition coefficient (Wildman–Crippen LogP) is 3.52. The van der Waals surface area contributed by atoms with Gasteiger partial charge in [-0.05, 0) is 61.2 Å². The lowest BCUT2D eigenvalue weighted by molar-refractivity contribution is -0.153. The van der Waals surface area contributed by atoms with E-state index < -0.39 is 23.5 Å². The molecule has 2 aromatic carbocycles. The smallest absolute Gasteiger partial charge is 0.306 e. The number of anilines is 1. The molecule has 0 radical (unpaired) electrons. The molecule has 1 aromatic heterocycles. The maximum atomic E-state index is 12.4. The number of aromatic amines is 1. The van der Waals surface area contributed by atoms with Crippen LogP contribution in [0.3, 0.4) is 0 Å². The van der Waals surface area contributed by atoms with Crippen LogP contribution in [-0.4, -0.2) is 23.0 Å². The number of rotatable bonds is 6. The molecule has 1 amide bonds. The fourth-order valence-corrected chi connectivity index (χ4v) is 3.47. The van der Waals surface area contributed by atoms with Crippen molar-refractivity contribution in [2.75, 3.05) is 5.32 Å². The number of hydrogen-bond donors (Lipinski definition) is 2. The van der Waals surface area contributed by atoms with Gasteiger partial charge in [-0.15, -0.1) is 0 Å². The molecule has 7 heteroatoms. The Labute approximate surface area is 179 Å². The molecule has 1 atom stereocenters. The molecule has 7 nitrogen and oxygen atoms in total. The molecule has 0 aliphatic carbocycles. The molecular formula is C24H23N3O4. The van der Waals surface area contributed by atoms with Gasteiger partial charge in [0.2, 0.25) is 0 Å². The van der Waals surface area contributed by atoms with Gasteiger partial charge in [-0.25, -0.2) is 0 Å². The van der Waals surface area contributed by atoms with Crippen molar-refractivity contribution < 1.29 is 14.3 Å². The number of carbonyl (C=O) groups is 2. The Morgan fingerprint density at radius 1 is 1.16 bits per heavy atom. The molecule has 0 aliphatic heterocycles. The summed E-state index contributed by atoms with van der Waals surface area (Å²) in [6, 6.07) is 15.2. The van der Waals surface area contributed by atoms with Crippen LogP contribution in [-0.2, 0) is 20.7 Å². The number of aryl methyl sites for hydroxylation is 1. The van der Waals surface area contributed by atoms with Crippen LogP contribution in [0.4, 0.5) is 5.69 Å². The van der Waals surface area contributed by atoms with Crippen molar-refractivity contribution in [3.63, 3.8) is 0 Å². The van der Waals surface area contributed by atoms with Crippen molar-refractivity contribution in [2.24, 2.45) is 0 Å². The van der Waals surface area contributed by atoms with E-state index in [4.69, 9.17) is 10.00 Å². The molecule has 3 aromatic rings. The molecule has 158 valence electrons. The van der Waals surface area contributed by atoms with Gasteiger partial charge < -0.3 is 15.0 Å². The molecule has 0 aliphatic rings. The summed E-state index contributed by atoms with van der Waals surface area (Å²) >= 11 is 0. The highest BCUT2D eigenvalue weighted by Crippen LogP contribution is 2.19. The Morgan fingerprint density at radius 2 is 1.87 bits per heavy atom. The van der Waals surface area contributed by atoms with Gasteiger partial charge in [-0.1, -0.05) is 30.3 Å². The summed E-state index contributed by atoms with van der Waals surface area (Å²) in [5.74, 6) is -0.962. The van der Waals surface area contributed by atoms with Crippen molar-refractivity contribution in [2.45, 2.75) is 39.7 Å². The number of benzene rings is 2. The Morgan fingerprint density at radius 3 is 2.58 bits per heavy atom. The Hall–Kier alpha value is -3.92. The van der Waals surface area contributed by atoms with E-state index in [0.29, 0.717) is 23.4 Å². The number of fused-ring (bicyclic) bond motifs is 1. The number of ether oxygens (including phenoxy) is 1. The van der Waals surface area contributed by atoms with Crippen molar-refractivity contribution in [3.8, 4) is 6.07 Å². The largest absolute Gasteiger partial charge is 0.453 e. The Balaban J connectivity index is 1.59. The first-order valence-electron chi connectivity index (χ1n) is 9.91. The van der Waals surface area contributed by atoms with Crippen molar-refractivity contribution in [1.82, 2.24) is 4.98 Å². The highest BCUT2D eigenvalue weighted by Gasteiger charge is 2.19. The monoisotopic (exact) mass is 417 g/mol. The standard InChI is InChI=1S/C24H23N3O4/c1-14-20(15(2)26-24(30)21(14)13-25)10-11-22(28)31-16(3)23(29)27-19-9-8-17-6-4-5-7-18(17)12-19/h4-9,12,16H,10-11H2,1-3H3,(H,26,30)(H,27,29)/t16-/m1/s1. The van der Waals surface area contributed by atoms with Gasteiger partial charge in [0.1, 0.15) is 11.6 Å². The summed E-state index contributed by atoms with van der Waals surface area (Å²) in [7, 11) is 0. The third-order valence-electron chi connectivity index (χ3n) is 5.19. The summed E-state index contributed by atoms with van der Waals surface area (Å²) in [6.45, 7) is 4.91. The summed E-state index contributed by atoms with van der Waals surface area (Å²) in [6.07, 6.45) is -0.654. The third kappa shape index (κ3) is 4.98. The minimum Gasteiger partial charge on any atom is -0.453 e. The lowest BCUT2D eigenvalue weighted by atomic mass is 9.99. The van der Waals surface area contributed by atoms with E-state index in [-0.39, 0.29) is 12.0 Å². The van der Waals surface area contributed by atoms with E-state index in [1.165, 1.54) is 6.92 Å². The number of aromatic nitrogens is 1. The second kappa shape index (κ2) is 9.26. The van der Waals surface area contributed by atoms with Crippen LogP contribution in [0.5, 0.6) is 0 Å². The highest BCUT2D eigenvalue weighted by atomic mass is 16.5. The van der Waals surface area contributed by atoms with Crippen LogP contribution in [0, 0.1) is 25.2 Å². The molecule has 3 rings (SSSR count). The number of nitrogens with zero attached hydrogens (tertiary/aromatic N) is 1. The van der Waals surface area contributed by atoms with Crippen LogP contribution >= 0.6 is 0 Å². The van der Waals surface area contributed by atoms with Gasteiger partial charge in [0.25, 0.3) is 11.5 Å². The first-order chi connectivity index (χ1) is 14.8. The van der Waals surface area contributed by atoms with E-state index in [2.05, 4.69) is 10.3 Å². The first kappa shape index (κ1) is 21.8. The average molecular weight is 417 g/mol. The average Bonchev–Trinajstić information content (AvgIpc) is 2.73. The van der Waals surface area contributed by atoms with Gasteiger partial charge in [-0.2, -0.15) is 5.26 Å². The predicted molar refractivity (Wildman–Crippen MR) is 118 cm³/mol. The summed E-state index contributed by atoms with van der Waals surface area (Å²) < 4.78 is 5.27. The zero-order chi connectivity index (χ0) is 22.5. The van der Waals surface area contributed by atoms with E-state index >= 15 is 0 Å². The van der Waals surface area contributed by atoms with E-state index in [1.807, 2.05) is 42.5 Å². The fraction of sp³-hybridized carbons (Fsp3) is 0.250. The van der Waals surface area contributed by atoms with Gasteiger partial charge in [0.15, 0.2) is 6.10 Å². The van der Waals surface area contributed by atoms with E-state index in [0.717, 1.165) is 16.3 Å². The number of H-pyrrole nitrogens is 1. The number of esters is 1. The SMILES string of the molecule is Cc1[nH]c(=O)c(C#N)c(C)c1CCC(=O)O[C@H](C)C(=O)Nc1ccc2ccccc2c1. The second-order valence-corrected chi connectivity index (χ2v) is 7.35. The minimum absolute atomic E-state index is 0.0200. The molecular weight excluding hydrogens is 394 g/mol. The molecule has 0 bridgehead atoms. The molecule has 1 heterocycles. The van der Waals surface area contributed by atoms with Crippen molar-refractivity contribution in [1.29, 1.82) is 5.26 Å². The molecule has 0 unspecified atom stereocenters. The number of carbonyl (C=O) groups excluding carboxylic acids is 2. The third-order valence-corrected chi connectivity index (χ3v) is 5.19. The molecule has 0 fully saturated rings. The minimum atomic E-state index is -0.966. The fourth-order valence-electron chi connectivity index (χ4n) is 3.47. The van der Waals surface area contributed by atoms with Crippen LogP contribution in [0.15, 0.2) is 47.3 Å². The van der Waals surface area contributed by atoms with Crippen molar-refractivity contribution >= 4 is 28.3 Å². The Bertz CT molecular complexity index is 1250. The zero-order valence-electron chi connectivity index (χ0n) is 17.6.